The Balaban J connectivity index is 1.49. The first-order valence-corrected chi connectivity index (χ1v) is 7.57. The Morgan fingerprint density at radius 3 is 2.82 bits per heavy atom. The number of nitrogens with zero attached hydrogens (tertiary/aromatic N) is 4. The van der Waals surface area contributed by atoms with Crippen LogP contribution in [0.15, 0.2) is 36.9 Å². The highest BCUT2D eigenvalue weighted by molar-refractivity contribution is 5.33. The van der Waals surface area contributed by atoms with Crippen molar-refractivity contribution in [2.75, 3.05) is 25.5 Å². The molecule has 0 unspecified atom stereocenters. The Bertz CT molecular complexity index is 584. The van der Waals surface area contributed by atoms with Crippen molar-refractivity contribution in [1.82, 2.24) is 19.9 Å². The summed E-state index contributed by atoms with van der Waals surface area (Å²) >= 11 is 0. The summed E-state index contributed by atoms with van der Waals surface area (Å²) in [6.07, 6.45) is 7.38. The van der Waals surface area contributed by atoms with E-state index in [1.807, 2.05) is 18.2 Å². The highest BCUT2D eigenvalue weighted by Gasteiger charge is 2.19. The normalized spacial score (nSPS) is 16.4. The van der Waals surface area contributed by atoms with Gasteiger partial charge in [-0.3, -0.25) is 4.90 Å². The summed E-state index contributed by atoms with van der Waals surface area (Å²) < 4.78 is 5.18. The zero-order valence-corrected chi connectivity index (χ0v) is 12.8. The molecule has 0 bridgehead atoms. The van der Waals surface area contributed by atoms with Gasteiger partial charge in [0, 0.05) is 44.1 Å². The molecule has 1 saturated heterocycles. The van der Waals surface area contributed by atoms with E-state index in [4.69, 9.17) is 4.74 Å². The molecule has 3 heterocycles. The zero-order chi connectivity index (χ0) is 15.2. The fourth-order valence-corrected chi connectivity index (χ4v) is 2.74. The van der Waals surface area contributed by atoms with Gasteiger partial charge in [-0.05, 0) is 30.5 Å². The van der Waals surface area contributed by atoms with Crippen LogP contribution in [0.1, 0.15) is 18.4 Å². The molecule has 6 nitrogen and oxygen atoms in total. The summed E-state index contributed by atoms with van der Waals surface area (Å²) in [4.78, 5) is 14.8. The average molecular weight is 299 g/mol. The van der Waals surface area contributed by atoms with Gasteiger partial charge >= 0.3 is 0 Å². The number of hydrogen-bond acceptors (Lipinski definition) is 6. The summed E-state index contributed by atoms with van der Waals surface area (Å²) in [7, 11) is 1.65. The molecule has 1 N–H and O–H groups in total. The van der Waals surface area contributed by atoms with Crippen molar-refractivity contribution >= 4 is 5.82 Å². The van der Waals surface area contributed by atoms with E-state index in [0.717, 1.165) is 38.3 Å². The van der Waals surface area contributed by atoms with Crippen molar-refractivity contribution in [2.24, 2.45) is 0 Å². The van der Waals surface area contributed by atoms with E-state index in [9.17, 15) is 0 Å². The van der Waals surface area contributed by atoms with Crippen molar-refractivity contribution < 1.29 is 4.74 Å². The molecule has 0 amide bonds. The van der Waals surface area contributed by atoms with Crippen molar-refractivity contribution in [3.05, 3.63) is 42.5 Å². The van der Waals surface area contributed by atoms with Crippen LogP contribution in [0.4, 0.5) is 5.82 Å². The van der Waals surface area contributed by atoms with Gasteiger partial charge in [0.25, 0.3) is 0 Å². The monoisotopic (exact) mass is 299 g/mol. The average Bonchev–Trinajstić information content (AvgIpc) is 2.58. The molecule has 1 aliphatic rings. The Morgan fingerprint density at radius 2 is 2.09 bits per heavy atom. The van der Waals surface area contributed by atoms with Crippen molar-refractivity contribution in [3.63, 3.8) is 0 Å². The van der Waals surface area contributed by atoms with Gasteiger partial charge in [0.15, 0.2) is 0 Å². The first-order chi connectivity index (χ1) is 10.8. The molecule has 2 aromatic rings. The Hall–Kier alpha value is -2.21. The molecule has 116 valence electrons. The van der Waals surface area contributed by atoms with Gasteiger partial charge in [0.05, 0.1) is 7.11 Å². The zero-order valence-electron chi connectivity index (χ0n) is 12.8. The fourth-order valence-electron chi connectivity index (χ4n) is 2.74. The molecule has 0 saturated carbocycles. The van der Waals surface area contributed by atoms with Crippen LogP contribution >= 0.6 is 0 Å². The first kappa shape index (κ1) is 14.7. The second kappa shape index (κ2) is 7.17. The molecule has 3 rings (SSSR count). The lowest BCUT2D eigenvalue weighted by Crippen LogP contribution is -2.38. The number of methoxy groups -OCH3 is 1. The molecule has 2 aromatic heterocycles. The van der Waals surface area contributed by atoms with Gasteiger partial charge in [-0.25, -0.2) is 15.0 Å². The number of anilines is 1. The molecule has 1 aliphatic heterocycles. The molecule has 0 aliphatic carbocycles. The fraction of sp³-hybridized carbons (Fsp3) is 0.438. The van der Waals surface area contributed by atoms with E-state index in [1.165, 1.54) is 5.56 Å². The predicted molar refractivity (Wildman–Crippen MR) is 84.7 cm³/mol. The molecule has 6 heteroatoms. The van der Waals surface area contributed by atoms with Crippen LogP contribution in [0.25, 0.3) is 0 Å². The number of pyridine rings is 1. The molecular formula is C16H21N5O. The maximum absolute atomic E-state index is 5.18. The number of nitrogens with one attached hydrogen (secondary N) is 1. The summed E-state index contributed by atoms with van der Waals surface area (Å²) in [5, 5.41) is 3.48. The maximum Gasteiger partial charge on any atom is 0.213 e. The van der Waals surface area contributed by atoms with Crippen LogP contribution in [0.5, 0.6) is 5.88 Å². The lowest BCUT2D eigenvalue weighted by atomic mass is 10.0. The van der Waals surface area contributed by atoms with Crippen molar-refractivity contribution in [3.8, 4) is 5.88 Å². The van der Waals surface area contributed by atoms with Crippen LogP contribution in [0, 0.1) is 0 Å². The largest absolute Gasteiger partial charge is 0.481 e. The van der Waals surface area contributed by atoms with Crippen LogP contribution < -0.4 is 10.1 Å². The summed E-state index contributed by atoms with van der Waals surface area (Å²) in [5.74, 6) is 1.59. The molecular weight excluding hydrogens is 278 g/mol. The van der Waals surface area contributed by atoms with Crippen LogP contribution in [0.2, 0.25) is 0 Å². The van der Waals surface area contributed by atoms with E-state index in [2.05, 4.69) is 25.2 Å². The van der Waals surface area contributed by atoms with Gasteiger partial charge in [-0.15, -0.1) is 0 Å². The summed E-state index contributed by atoms with van der Waals surface area (Å²) in [6.45, 7) is 3.10. The number of ether oxygens (including phenoxy) is 1. The predicted octanol–water partition coefficient (Wildman–Crippen LogP) is 1.96. The summed E-state index contributed by atoms with van der Waals surface area (Å²) in [6, 6.07) is 6.45. The highest BCUT2D eigenvalue weighted by Crippen LogP contribution is 2.18. The third-order valence-corrected chi connectivity index (χ3v) is 3.94. The van der Waals surface area contributed by atoms with Gasteiger partial charge < -0.3 is 10.1 Å². The topological polar surface area (TPSA) is 63.2 Å². The van der Waals surface area contributed by atoms with E-state index in [1.54, 1.807) is 25.8 Å². The van der Waals surface area contributed by atoms with Crippen LogP contribution in [0.3, 0.4) is 0 Å². The van der Waals surface area contributed by atoms with Gasteiger partial charge in [-0.2, -0.15) is 0 Å². The van der Waals surface area contributed by atoms with Crippen LogP contribution in [-0.4, -0.2) is 46.1 Å². The minimum Gasteiger partial charge on any atom is -0.481 e. The Labute approximate surface area is 130 Å². The quantitative estimate of drug-likeness (QED) is 0.910. The molecule has 0 radical (unpaired) electrons. The lowest BCUT2D eigenvalue weighted by molar-refractivity contribution is 0.211. The third kappa shape index (κ3) is 3.92. The van der Waals surface area contributed by atoms with Crippen molar-refractivity contribution in [1.29, 1.82) is 0 Å². The minimum atomic E-state index is 0.484. The van der Waals surface area contributed by atoms with E-state index >= 15 is 0 Å². The maximum atomic E-state index is 5.18. The Morgan fingerprint density at radius 1 is 1.23 bits per heavy atom. The summed E-state index contributed by atoms with van der Waals surface area (Å²) in [5.41, 5.74) is 1.24. The molecule has 0 atom stereocenters. The standard InChI is InChI=1S/C16H21N5O/c1-22-16-10-13(2-7-18-16)11-21-8-4-14(5-9-21)20-15-3-6-17-12-19-15/h2-3,6-7,10,12,14H,4-5,8-9,11H2,1H3,(H,17,19,20). The lowest BCUT2D eigenvalue weighted by Gasteiger charge is -2.32. The van der Waals surface area contributed by atoms with Crippen LogP contribution in [-0.2, 0) is 6.54 Å². The molecule has 22 heavy (non-hydrogen) atoms. The molecule has 0 spiro atoms. The van der Waals surface area contributed by atoms with E-state index < -0.39 is 0 Å². The highest BCUT2D eigenvalue weighted by atomic mass is 16.5. The first-order valence-electron chi connectivity index (χ1n) is 7.57. The molecule has 0 aromatic carbocycles. The SMILES string of the molecule is COc1cc(CN2CCC(Nc3ccncn3)CC2)ccn1. The van der Waals surface area contributed by atoms with E-state index in [0.29, 0.717) is 11.9 Å². The minimum absolute atomic E-state index is 0.484. The number of piperidine rings is 1. The Kier molecular flexibility index (Phi) is 4.80. The van der Waals surface area contributed by atoms with Gasteiger partial charge in [0.1, 0.15) is 12.1 Å². The number of likely N-dealkylation sites (tertiary alicyclic amines) is 1. The molecule has 1 fully saturated rings. The second-order valence-corrected chi connectivity index (χ2v) is 5.50. The van der Waals surface area contributed by atoms with Gasteiger partial charge in [-0.1, -0.05) is 0 Å². The third-order valence-electron chi connectivity index (χ3n) is 3.94. The number of aromatic nitrogens is 3. The van der Waals surface area contributed by atoms with Crippen molar-refractivity contribution in [2.45, 2.75) is 25.4 Å². The van der Waals surface area contributed by atoms with Gasteiger partial charge in [0.2, 0.25) is 5.88 Å². The number of hydrogen-bond donors (Lipinski definition) is 1. The smallest absolute Gasteiger partial charge is 0.213 e. The second-order valence-electron chi connectivity index (χ2n) is 5.50. The number of rotatable bonds is 5. The van der Waals surface area contributed by atoms with E-state index in [-0.39, 0.29) is 0 Å².